The van der Waals surface area contributed by atoms with E-state index in [1.165, 1.54) is 50.5 Å². The van der Waals surface area contributed by atoms with E-state index in [1.54, 1.807) is 0 Å². The van der Waals surface area contributed by atoms with Gasteiger partial charge in [-0.25, -0.2) is 0 Å². The zero-order chi connectivity index (χ0) is 16.0. The molecule has 1 fully saturated rings. The molecule has 4 atom stereocenters. The van der Waals surface area contributed by atoms with Crippen molar-refractivity contribution in [3.8, 4) is 0 Å². The van der Waals surface area contributed by atoms with E-state index in [4.69, 9.17) is 11.6 Å². The number of rotatable bonds is 7. The third kappa shape index (κ3) is 5.62. The molecule has 0 aromatic heterocycles. The fourth-order valence-corrected chi connectivity index (χ4v) is 4.76. The molecule has 0 saturated heterocycles. The third-order valence-corrected chi connectivity index (χ3v) is 6.33. The number of unbranched alkanes of at least 4 members (excludes halogenated alkanes) is 1. The molecule has 1 rings (SSSR count). The Balaban J connectivity index is 2.68. The van der Waals surface area contributed by atoms with Crippen LogP contribution in [-0.4, -0.2) is 5.38 Å². The summed E-state index contributed by atoms with van der Waals surface area (Å²) in [6, 6.07) is 0. The summed E-state index contributed by atoms with van der Waals surface area (Å²) in [5.41, 5.74) is 1.90. The molecule has 0 N–H and O–H groups in total. The van der Waals surface area contributed by atoms with Crippen molar-refractivity contribution in [1.29, 1.82) is 0 Å². The van der Waals surface area contributed by atoms with Crippen molar-refractivity contribution in [1.82, 2.24) is 0 Å². The van der Waals surface area contributed by atoms with E-state index in [1.807, 2.05) is 0 Å². The van der Waals surface area contributed by atoms with Crippen molar-refractivity contribution in [2.45, 2.75) is 91.9 Å². The number of halogens is 1. The summed E-state index contributed by atoms with van der Waals surface area (Å²) in [5, 5.41) is 0.387. The molecule has 0 heterocycles. The minimum atomic E-state index is 0.387. The van der Waals surface area contributed by atoms with Crippen LogP contribution in [0.1, 0.15) is 86.5 Å². The van der Waals surface area contributed by atoms with Crippen LogP contribution in [0.5, 0.6) is 0 Å². The van der Waals surface area contributed by atoms with Gasteiger partial charge in [-0.1, -0.05) is 45.8 Å². The summed E-state index contributed by atoms with van der Waals surface area (Å²) >= 11 is 6.98. The SMILES string of the molecule is CCC1(C)CCC(CC(C)C)C(Cl)C1CCCC=C(C)C. The largest absolute Gasteiger partial charge is 0.122 e. The minimum absolute atomic E-state index is 0.387. The molecule has 0 aromatic rings. The zero-order valence-electron chi connectivity index (χ0n) is 15.2. The quantitative estimate of drug-likeness (QED) is 0.264. The van der Waals surface area contributed by atoms with Gasteiger partial charge in [-0.3, -0.25) is 0 Å². The van der Waals surface area contributed by atoms with Crippen LogP contribution >= 0.6 is 11.6 Å². The highest BCUT2D eigenvalue weighted by Crippen LogP contribution is 2.51. The molecule has 0 aliphatic heterocycles. The lowest BCUT2D eigenvalue weighted by Crippen LogP contribution is -2.42. The maximum atomic E-state index is 6.98. The number of hydrogen-bond acceptors (Lipinski definition) is 0. The lowest BCUT2D eigenvalue weighted by Gasteiger charge is -2.48. The van der Waals surface area contributed by atoms with Gasteiger partial charge in [-0.2, -0.15) is 0 Å². The van der Waals surface area contributed by atoms with E-state index < -0.39 is 0 Å². The molecule has 0 radical (unpaired) electrons. The highest BCUT2D eigenvalue weighted by Gasteiger charge is 2.44. The van der Waals surface area contributed by atoms with Crippen LogP contribution in [0.2, 0.25) is 0 Å². The predicted molar refractivity (Wildman–Crippen MR) is 97.0 cm³/mol. The molecule has 0 bridgehead atoms. The molecule has 1 saturated carbocycles. The van der Waals surface area contributed by atoms with Crippen molar-refractivity contribution in [3.63, 3.8) is 0 Å². The van der Waals surface area contributed by atoms with Crippen LogP contribution in [0, 0.1) is 23.2 Å². The van der Waals surface area contributed by atoms with Gasteiger partial charge in [0.2, 0.25) is 0 Å². The topological polar surface area (TPSA) is 0 Å². The Kier molecular flexibility index (Phi) is 7.82. The van der Waals surface area contributed by atoms with Crippen LogP contribution in [0.25, 0.3) is 0 Å². The summed E-state index contributed by atoms with van der Waals surface area (Å²) < 4.78 is 0. The van der Waals surface area contributed by atoms with Gasteiger partial charge in [0.1, 0.15) is 0 Å². The normalized spacial score (nSPS) is 33.2. The van der Waals surface area contributed by atoms with Crippen molar-refractivity contribution >= 4 is 11.6 Å². The molecule has 1 aliphatic carbocycles. The fourth-order valence-electron chi connectivity index (χ4n) is 4.10. The van der Waals surface area contributed by atoms with Crippen LogP contribution < -0.4 is 0 Å². The standard InChI is InChI=1S/C20H37Cl/c1-7-20(6)13-12-17(14-16(4)5)19(21)18(20)11-9-8-10-15(2)3/h10,16-19H,7-9,11-14H2,1-6H3. The fraction of sp³-hybridized carbons (Fsp3) is 0.900. The first-order valence-electron chi connectivity index (χ1n) is 9.07. The summed E-state index contributed by atoms with van der Waals surface area (Å²) in [7, 11) is 0. The first-order valence-corrected chi connectivity index (χ1v) is 9.51. The second kappa shape index (κ2) is 8.61. The first-order chi connectivity index (χ1) is 9.80. The van der Waals surface area contributed by atoms with Crippen molar-refractivity contribution in [3.05, 3.63) is 11.6 Å². The van der Waals surface area contributed by atoms with Crippen LogP contribution in [0.15, 0.2) is 11.6 Å². The Morgan fingerprint density at radius 1 is 1.33 bits per heavy atom. The van der Waals surface area contributed by atoms with Crippen molar-refractivity contribution in [2.75, 3.05) is 0 Å². The lowest BCUT2D eigenvalue weighted by atomic mass is 9.60. The smallest absolute Gasteiger partial charge is 0.0397 e. The number of alkyl halides is 1. The lowest BCUT2D eigenvalue weighted by molar-refractivity contribution is 0.0654. The molecular weight excluding hydrogens is 276 g/mol. The van der Waals surface area contributed by atoms with Gasteiger partial charge in [0.25, 0.3) is 0 Å². The van der Waals surface area contributed by atoms with Crippen molar-refractivity contribution < 1.29 is 0 Å². The molecule has 0 nitrogen and oxygen atoms in total. The first kappa shape index (κ1) is 19.1. The number of allylic oxidation sites excluding steroid dienone is 2. The molecule has 1 heteroatoms. The average molecular weight is 313 g/mol. The molecule has 0 amide bonds. The average Bonchev–Trinajstić information content (AvgIpc) is 2.40. The molecule has 0 spiro atoms. The maximum absolute atomic E-state index is 6.98. The summed E-state index contributed by atoms with van der Waals surface area (Å²) in [4.78, 5) is 0. The molecule has 1 aliphatic rings. The van der Waals surface area contributed by atoms with Gasteiger partial charge in [0.15, 0.2) is 0 Å². The Hall–Kier alpha value is 0.0300. The zero-order valence-corrected chi connectivity index (χ0v) is 16.0. The Labute approximate surface area is 138 Å². The second-order valence-electron chi connectivity index (χ2n) is 8.20. The van der Waals surface area contributed by atoms with Crippen molar-refractivity contribution in [2.24, 2.45) is 23.2 Å². The molecule has 0 aromatic carbocycles. The van der Waals surface area contributed by atoms with Gasteiger partial charge in [0.05, 0.1) is 0 Å². The molecule has 4 unspecified atom stereocenters. The third-order valence-electron chi connectivity index (χ3n) is 5.67. The summed E-state index contributed by atoms with van der Waals surface area (Å²) in [5.74, 6) is 2.21. The maximum Gasteiger partial charge on any atom is 0.0397 e. The van der Waals surface area contributed by atoms with Gasteiger partial charge < -0.3 is 0 Å². The van der Waals surface area contributed by atoms with Gasteiger partial charge in [-0.15, -0.1) is 11.6 Å². The van der Waals surface area contributed by atoms with Gasteiger partial charge >= 0.3 is 0 Å². The Morgan fingerprint density at radius 3 is 2.52 bits per heavy atom. The summed E-state index contributed by atoms with van der Waals surface area (Å²) in [6.07, 6.45) is 11.5. The van der Waals surface area contributed by atoms with E-state index in [-0.39, 0.29) is 0 Å². The Bertz CT molecular complexity index is 327. The monoisotopic (exact) mass is 312 g/mol. The van der Waals surface area contributed by atoms with E-state index in [0.29, 0.717) is 16.7 Å². The van der Waals surface area contributed by atoms with E-state index >= 15 is 0 Å². The van der Waals surface area contributed by atoms with Crippen LogP contribution in [0.3, 0.4) is 0 Å². The van der Waals surface area contributed by atoms with Gasteiger partial charge in [0, 0.05) is 5.38 Å². The van der Waals surface area contributed by atoms with E-state index in [2.05, 4.69) is 47.6 Å². The highest BCUT2D eigenvalue weighted by atomic mass is 35.5. The van der Waals surface area contributed by atoms with E-state index in [0.717, 1.165) is 11.8 Å². The summed E-state index contributed by atoms with van der Waals surface area (Å²) in [6.45, 7) is 13.9. The van der Waals surface area contributed by atoms with Gasteiger partial charge in [-0.05, 0) is 75.5 Å². The molecule has 124 valence electrons. The molecular formula is C20H37Cl. The van der Waals surface area contributed by atoms with Crippen LogP contribution in [-0.2, 0) is 0 Å². The molecule has 21 heavy (non-hydrogen) atoms. The highest BCUT2D eigenvalue weighted by molar-refractivity contribution is 6.21. The minimum Gasteiger partial charge on any atom is -0.122 e. The van der Waals surface area contributed by atoms with E-state index in [9.17, 15) is 0 Å². The second-order valence-corrected chi connectivity index (χ2v) is 8.70. The Morgan fingerprint density at radius 2 is 2.00 bits per heavy atom. The van der Waals surface area contributed by atoms with Crippen LogP contribution in [0.4, 0.5) is 0 Å². The number of hydrogen-bond donors (Lipinski definition) is 0. The predicted octanol–water partition coefficient (Wildman–Crippen LogP) is 7.22.